The molecule has 13 nitrogen and oxygen atoms in total. The second kappa shape index (κ2) is 16.8. The topological polar surface area (TPSA) is 182 Å². The largest absolute Gasteiger partial charge is 0.497 e. The second-order valence-corrected chi connectivity index (χ2v) is 16.3. The lowest BCUT2D eigenvalue weighted by Crippen LogP contribution is -2.58. The van der Waals surface area contributed by atoms with Gasteiger partial charge in [0.05, 0.1) is 31.3 Å². The first-order valence-electron chi connectivity index (χ1n) is 19.5. The van der Waals surface area contributed by atoms with Crippen molar-refractivity contribution in [3.63, 3.8) is 0 Å². The van der Waals surface area contributed by atoms with Gasteiger partial charge in [0.1, 0.15) is 35.2 Å². The Morgan fingerprint density at radius 1 is 0.982 bits per heavy atom. The minimum atomic E-state index is -1.54. The number of benzene rings is 2. The summed E-state index contributed by atoms with van der Waals surface area (Å²) in [4.78, 5) is 72.7. The Bertz CT molecular complexity index is 2070. The van der Waals surface area contributed by atoms with Crippen molar-refractivity contribution in [3.8, 4) is 22.8 Å². The highest BCUT2D eigenvalue weighted by molar-refractivity contribution is 6.04. The van der Waals surface area contributed by atoms with E-state index >= 15 is 0 Å². The third-order valence-corrected chi connectivity index (χ3v) is 11.4. The van der Waals surface area contributed by atoms with Crippen LogP contribution < -0.4 is 25.4 Å². The van der Waals surface area contributed by atoms with Crippen molar-refractivity contribution in [2.45, 2.75) is 89.4 Å². The number of carboxylic acid groups (broad SMARTS) is 1. The van der Waals surface area contributed by atoms with Crippen molar-refractivity contribution in [3.05, 3.63) is 78.9 Å². The van der Waals surface area contributed by atoms with Gasteiger partial charge in [-0.2, -0.15) is 0 Å². The minimum absolute atomic E-state index is 0.00214. The number of pyridine rings is 1. The molecular weight excluding hydrogens is 729 g/mol. The highest BCUT2D eigenvalue weighted by atomic mass is 16.5. The molecular formula is C44H52N4O9. The average molecular weight is 781 g/mol. The molecule has 2 fully saturated rings. The lowest BCUT2D eigenvalue weighted by Gasteiger charge is -2.34. The molecule has 2 aromatic carbocycles. The van der Waals surface area contributed by atoms with Gasteiger partial charge in [0, 0.05) is 41.0 Å². The van der Waals surface area contributed by atoms with Gasteiger partial charge in [-0.25, -0.2) is 14.6 Å². The fourth-order valence-electron chi connectivity index (χ4n) is 8.04. The van der Waals surface area contributed by atoms with E-state index in [1.165, 1.54) is 13.2 Å². The van der Waals surface area contributed by atoms with E-state index in [9.17, 15) is 29.1 Å². The summed E-state index contributed by atoms with van der Waals surface area (Å²) < 4.78 is 17.2. The molecule has 3 aliphatic rings. The number of methoxy groups -OCH3 is 2. The first-order valence-corrected chi connectivity index (χ1v) is 19.5. The molecule has 0 saturated heterocycles. The first kappa shape index (κ1) is 40.9. The van der Waals surface area contributed by atoms with E-state index in [1.54, 1.807) is 52.2 Å². The molecule has 0 bridgehead atoms. The summed E-state index contributed by atoms with van der Waals surface area (Å²) in [7, 11) is 2.85. The fourth-order valence-corrected chi connectivity index (χ4v) is 8.04. The van der Waals surface area contributed by atoms with Crippen LogP contribution in [0.4, 0.5) is 0 Å². The van der Waals surface area contributed by atoms with Crippen LogP contribution in [0.25, 0.3) is 22.2 Å². The molecule has 1 heterocycles. The van der Waals surface area contributed by atoms with Gasteiger partial charge in [-0.05, 0) is 48.8 Å². The van der Waals surface area contributed by atoms with Gasteiger partial charge in [0.25, 0.3) is 0 Å². The van der Waals surface area contributed by atoms with E-state index in [0.29, 0.717) is 28.1 Å². The first-order chi connectivity index (χ1) is 27.2. The molecule has 3 aliphatic carbocycles. The SMILES string of the molecule is C=C[C@@H]1C[C@]1(NC(=O)[C@H]1C[C@H](Oc2cc(-c3ccccc3)nc3cc(OC)ccc23)C=C1C(=O)N[C@H](C(=O)N[C@H](C(=O)OC)C1CCCCC1)C(C)(C)C)C(=O)O. The summed E-state index contributed by atoms with van der Waals surface area (Å²) in [5.41, 5.74) is -0.272. The average Bonchev–Trinajstić information content (AvgIpc) is 3.77. The number of amides is 3. The number of carbonyl (C=O) groups is 5. The highest BCUT2D eigenvalue weighted by Gasteiger charge is 2.61. The molecule has 6 rings (SSSR count). The Morgan fingerprint density at radius 3 is 2.32 bits per heavy atom. The molecule has 1 aromatic heterocycles. The molecule has 57 heavy (non-hydrogen) atoms. The Balaban J connectivity index is 1.33. The molecule has 3 aromatic rings. The molecule has 0 radical (unpaired) electrons. The lowest BCUT2D eigenvalue weighted by atomic mass is 9.82. The predicted molar refractivity (Wildman–Crippen MR) is 213 cm³/mol. The highest BCUT2D eigenvalue weighted by Crippen LogP contribution is 2.45. The van der Waals surface area contributed by atoms with E-state index in [-0.39, 0.29) is 24.3 Å². The molecule has 4 N–H and O–H groups in total. The van der Waals surface area contributed by atoms with Gasteiger partial charge in [0.2, 0.25) is 17.7 Å². The Kier molecular flexibility index (Phi) is 12.1. The molecule has 3 amide bonds. The zero-order valence-electron chi connectivity index (χ0n) is 33.1. The third-order valence-electron chi connectivity index (χ3n) is 11.4. The summed E-state index contributed by atoms with van der Waals surface area (Å²) in [6.45, 7) is 9.09. The smallest absolute Gasteiger partial charge is 0.330 e. The summed E-state index contributed by atoms with van der Waals surface area (Å²) in [6, 6.07) is 14.7. The van der Waals surface area contributed by atoms with Crippen LogP contribution >= 0.6 is 0 Å². The number of aliphatic carboxylic acids is 1. The van der Waals surface area contributed by atoms with Crippen molar-refractivity contribution >= 4 is 40.6 Å². The van der Waals surface area contributed by atoms with Crippen molar-refractivity contribution in [1.29, 1.82) is 0 Å². The number of aromatic nitrogens is 1. The fraction of sp³-hybridized carbons (Fsp3) is 0.455. The van der Waals surface area contributed by atoms with Crippen LogP contribution in [-0.2, 0) is 28.7 Å². The number of carbonyl (C=O) groups excluding carboxylic acids is 4. The van der Waals surface area contributed by atoms with Gasteiger partial charge < -0.3 is 35.3 Å². The standard InChI is InChI=1S/C44H52N4O9/c1-7-27-24-44(27,42(53)54)48-39(50)32-21-29(57-35-23-33(25-14-10-8-11-15-25)45-34-22-28(55-5)18-19-30(34)35)20-31(32)38(49)47-37(43(2,3)4)40(51)46-36(41(52)56-6)26-16-12-9-13-17-26/h7-8,10-11,14-15,18-20,22-23,26-27,29,32,36-37H,1,9,12-13,16-17,21,24H2,2-6H3,(H,46,51)(H,47,49)(H,48,50)(H,53,54)/t27-,29-,32+,36+,37-,44-/m1/s1. The molecule has 13 heteroatoms. The number of hydrogen-bond donors (Lipinski definition) is 4. The van der Waals surface area contributed by atoms with Crippen molar-refractivity contribution in [2.24, 2.45) is 23.2 Å². The van der Waals surface area contributed by atoms with E-state index in [4.69, 9.17) is 19.2 Å². The van der Waals surface area contributed by atoms with Crippen molar-refractivity contribution in [2.75, 3.05) is 14.2 Å². The van der Waals surface area contributed by atoms with E-state index < -0.39 is 70.6 Å². The second-order valence-electron chi connectivity index (χ2n) is 16.3. The number of carboxylic acids is 1. The molecule has 0 aliphatic heterocycles. The number of fused-ring (bicyclic) bond motifs is 1. The van der Waals surface area contributed by atoms with Gasteiger partial charge in [-0.15, -0.1) is 6.58 Å². The maximum atomic E-state index is 14.4. The summed E-state index contributed by atoms with van der Waals surface area (Å²) in [5.74, 6) is -4.34. The van der Waals surface area contributed by atoms with Crippen molar-refractivity contribution in [1.82, 2.24) is 20.9 Å². The number of ether oxygens (including phenoxy) is 3. The number of esters is 1. The molecule has 0 spiro atoms. The maximum absolute atomic E-state index is 14.4. The molecule has 2 saturated carbocycles. The quantitative estimate of drug-likeness (QED) is 0.120. The summed E-state index contributed by atoms with van der Waals surface area (Å²) in [6.07, 6.45) is 6.84. The molecule has 6 atom stereocenters. The molecule has 302 valence electrons. The Labute approximate surface area is 332 Å². The van der Waals surface area contributed by atoms with Crippen LogP contribution in [0.5, 0.6) is 11.5 Å². The summed E-state index contributed by atoms with van der Waals surface area (Å²) in [5, 5.41) is 19.2. The van der Waals surface area contributed by atoms with E-state index in [2.05, 4.69) is 22.5 Å². The number of nitrogens with zero attached hydrogens (tertiary/aromatic N) is 1. The minimum Gasteiger partial charge on any atom is -0.497 e. The Morgan fingerprint density at radius 2 is 1.70 bits per heavy atom. The maximum Gasteiger partial charge on any atom is 0.330 e. The Hall–Kier alpha value is -5.72. The van der Waals surface area contributed by atoms with Crippen LogP contribution in [-0.4, -0.2) is 77.7 Å². The van der Waals surface area contributed by atoms with E-state index in [0.717, 1.165) is 37.7 Å². The van der Waals surface area contributed by atoms with E-state index in [1.807, 2.05) is 36.4 Å². The van der Waals surface area contributed by atoms with Gasteiger partial charge >= 0.3 is 11.9 Å². The van der Waals surface area contributed by atoms with Crippen molar-refractivity contribution < 1.29 is 43.3 Å². The monoisotopic (exact) mass is 780 g/mol. The normalized spacial score (nSPS) is 23.0. The predicted octanol–water partition coefficient (Wildman–Crippen LogP) is 5.52. The zero-order valence-corrected chi connectivity index (χ0v) is 33.1. The number of nitrogens with one attached hydrogen (secondary N) is 3. The third kappa shape index (κ3) is 8.82. The number of hydrogen-bond acceptors (Lipinski definition) is 9. The van der Waals surface area contributed by atoms with Crippen LogP contribution in [0.1, 0.15) is 65.7 Å². The molecule has 0 unspecified atom stereocenters. The zero-order chi connectivity index (χ0) is 41.1. The van der Waals surface area contributed by atoms with Gasteiger partial charge in [0.15, 0.2) is 0 Å². The van der Waals surface area contributed by atoms with Crippen LogP contribution in [0.2, 0.25) is 0 Å². The summed E-state index contributed by atoms with van der Waals surface area (Å²) >= 11 is 0. The van der Waals surface area contributed by atoms with Gasteiger partial charge in [-0.1, -0.05) is 76.4 Å². The van der Waals surface area contributed by atoms with Crippen LogP contribution in [0.15, 0.2) is 78.9 Å². The van der Waals surface area contributed by atoms with Crippen LogP contribution in [0.3, 0.4) is 0 Å². The van der Waals surface area contributed by atoms with Gasteiger partial charge in [-0.3, -0.25) is 14.4 Å². The van der Waals surface area contributed by atoms with Crippen LogP contribution in [0, 0.1) is 23.2 Å². The lowest BCUT2D eigenvalue weighted by molar-refractivity contribution is -0.148. The number of rotatable bonds is 14.